The SMILES string of the molecule is CC(CBr)(CBr)Cc1nc(C(C)(C)C)cs1. The van der Waals surface area contributed by atoms with Gasteiger partial charge in [-0.15, -0.1) is 11.3 Å². The van der Waals surface area contributed by atoms with Crippen LogP contribution in [0.5, 0.6) is 0 Å². The Morgan fingerprint density at radius 3 is 2.12 bits per heavy atom. The molecule has 0 aliphatic rings. The van der Waals surface area contributed by atoms with E-state index >= 15 is 0 Å². The lowest BCUT2D eigenvalue weighted by Crippen LogP contribution is -2.23. The molecule has 0 spiro atoms. The molecular weight excluding hydrogens is 350 g/mol. The minimum absolute atomic E-state index is 0.161. The standard InChI is InChI=1S/C12H19Br2NS/c1-11(2,3)9-6-16-10(15-9)5-12(4,7-13)8-14/h6H,5,7-8H2,1-4H3. The summed E-state index contributed by atoms with van der Waals surface area (Å²) in [6.45, 7) is 8.90. The van der Waals surface area contributed by atoms with Gasteiger partial charge in [0.15, 0.2) is 0 Å². The van der Waals surface area contributed by atoms with E-state index in [1.807, 2.05) is 0 Å². The summed E-state index contributed by atoms with van der Waals surface area (Å²) in [5, 5.41) is 5.43. The molecule has 0 aromatic carbocycles. The summed E-state index contributed by atoms with van der Waals surface area (Å²) in [6.07, 6.45) is 1.03. The Bertz CT molecular complexity index is 337. The summed E-state index contributed by atoms with van der Waals surface area (Å²) in [5.74, 6) is 0. The summed E-state index contributed by atoms with van der Waals surface area (Å²) >= 11 is 8.95. The number of hydrogen-bond acceptors (Lipinski definition) is 2. The summed E-state index contributed by atoms with van der Waals surface area (Å²) in [4.78, 5) is 4.74. The van der Waals surface area contributed by atoms with Crippen LogP contribution in [0.2, 0.25) is 0 Å². The first-order chi connectivity index (χ1) is 7.30. The van der Waals surface area contributed by atoms with Gasteiger partial charge in [-0.3, -0.25) is 0 Å². The van der Waals surface area contributed by atoms with Crippen molar-refractivity contribution in [3.63, 3.8) is 0 Å². The van der Waals surface area contributed by atoms with Crippen LogP contribution in [0.3, 0.4) is 0 Å². The van der Waals surface area contributed by atoms with E-state index in [0.29, 0.717) is 0 Å². The Labute approximate surface area is 119 Å². The minimum Gasteiger partial charge on any atom is -0.246 e. The molecule has 0 saturated heterocycles. The lowest BCUT2D eigenvalue weighted by atomic mass is 9.91. The van der Waals surface area contributed by atoms with E-state index in [0.717, 1.165) is 17.1 Å². The summed E-state index contributed by atoms with van der Waals surface area (Å²) in [7, 11) is 0. The van der Waals surface area contributed by atoms with Crippen LogP contribution in [0.25, 0.3) is 0 Å². The van der Waals surface area contributed by atoms with Crippen molar-refractivity contribution >= 4 is 43.2 Å². The highest BCUT2D eigenvalue weighted by molar-refractivity contribution is 9.09. The van der Waals surface area contributed by atoms with E-state index in [9.17, 15) is 0 Å². The Kier molecular flexibility index (Phi) is 5.03. The Balaban J connectivity index is 2.80. The molecule has 92 valence electrons. The number of nitrogens with zero attached hydrogens (tertiary/aromatic N) is 1. The average molecular weight is 369 g/mol. The van der Waals surface area contributed by atoms with E-state index in [2.05, 4.69) is 64.9 Å². The maximum atomic E-state index is 4.74. The minimum atomic E-state index is 0.161. The molecule has 0 aliphatic heterocycles. The molecule has 0 N–H and O–H groups in total. The number of aromatic nitrogens is 1. The first-order valence-electron chi connectivity index (χ1n) is 5.37. The lowest BCUT2D eigenvalue weighted by molar-refractivity contribution is 0.436. The van der Waals surface area contributed by atoms with Crippen molar-refractivity contribution in [3.05, 3.63) is 16.1 Å². The summed E-state index contributed by atoms with van der Waals surface area (Å²) in [6, 6.07) is 0. The fourth-order valence-corrected chi connectivity index (χ4v) is 3.79. The molecule has 0 bridgehead atoms. The lowest BCUT2D eigenvalue weighted by Gasteiger charge is -2.23. The quantitative estimate of drug-likeness (QED) is 0.697. The molecule has 0 atom stereocenters. The van der Waals surface area contributed by atoms with Gasteiger partial charge >= 0.3 is 0 Å². The summed E-state index contributed by atoms with van der Waals surface area (Å²) < 4.78 is 0. The van der Waals surface area contributed by atoms with Gasteiger partial charge < -0.3 is 0 Å². The van der Waals surface area contributed by atoms with Crippen LogP contribution in [0.15, 0.2) is 5.38 Å². The number of thiazole rings is 1. The molecule has 1 rings (SSSR count). The molecule has 0 fully saturated rings. The summed E-state index contributed by atoms with van der Waals surface area (Å²) in [5.41, 5.74) is 1.63. The third-order valence-corrected chi connectivity index (χ3v) is 6.10. The highest BCUT2D eigenvalue weighted by Crippen LogP contribution is 2.31. The highest BCUT2D eigenvalue weighted by Gasteiger charge is 2.25. The van der Waals surface area contributed by atoms with E-state index < -0.39 is 0 Å². The highest BCUT2D eigenvalue weighted by atomic mass is 79.9. The number of alkyl halides is 2. The predicted molar refractivity (Wildman–Crippen MR) is 80.2 cm³/mol. The number of rotatable bonds is 4. The fraction of sp³-hybridized carbons (Fsp3) is 0.750. The van der Waals surface area contributed by atoms with Crippen molar-refractivity contribution in [3.8, 4) is 0 Å². The van der Waals surface area contributed by atoms with E-state index in [1.165, 1.54) is 10.7 Å². The smallest absolute Gasteiger partial charge is 0.0934 e. The molecular formula is C12H19Br2NS. The van der Waals surface area contributed by atoms with Crippen LogP contribution >= 0.6 is 43.2 Å². The maximum Gasteiger partial charge on any atom is 0.0934 e. The van der Waals surface area contributed by atoms with Gasteiger partial charge in [0.2, 0.25) is 0 Å². The maximum absolute atomic E-state index is 4.74. The second-order valence-electron chi connectivity index (χ2n) is 5.63. The molecule has 0 radical (unpaired) electrons. The molecule has 1 nitrogen and oxygen atoms in total. The van der Waals surface area contributed by atoms with Gasteiger partial charge in [-0.2, -0.15) is 0 Å². The predicted octanol–water partition coefficient (Wildman–Crippen LogP) is 4.78. The molecule has 1 heterocycles. The number of halogens is 2. The van der Waals surface area contributed by atoms with Crippen molar-refractivity contribution in [1.29, 1.82) is 0 Å². The Hall–Kier alpha value is 0.590. The van der Waals surface area contributed by atoms with E-state index in [1.54, 1.807) is 11.3 Å². The largest absolute Gasteiger partial charge is 0.246 e. The Morgan fingerprint density at radius 2 is 1.75 bits per heavy atom. The van der Waals surface area contributed by atoms with Crippen molar-refractivity contribution in [1.82, 2.24) is 4.98 Å². The second kappa shape index (κ2) is 5.49. The van der Waals surface area contributed by atoms with Crippen LogP contribution in [0.1, 0.15) is 38.4 Å². The monoisotopic (exact) mass is 367 g/mol. The van der Waals surface area contributed by atoms with Crippen molar-refractivity contribution < 1.29 is 0 Å². The molecule has 1 aromatic rings. The van der Waals surface area contributed by atoms with Gasteiger partial charge in [0, 0.05) is 27.9 Å². The molecule has 0 unspecified atom stereocenters. The van der Waals surface area contributed by atoms with Crippen LogP contribution in [-0.4, -0.2) is 15.6 Å². The first kappa shape index (κ1) is 14.7. The zero-order valence-electron chi connectivity index (χ0n) is 10.3. The van der Waals surface area contributed by atoms with Gasteiger partial charge in [-0.05, 0) is 5.41 Å². The van der Waals surface area contributed by atoms with Crippen molar-refractivity contribution in [2.45, 2.75) is 39.5 Å². The molecule has 4 heteroatoms. The molecule has 1 aromatic heterocycles. The first-order valence-corrected chi connectivity index (χ1v) is 8.50. The van der Waals surface area contributed by atoms with Crippen LogP contribution in [-0.2, 0) is 11.8 Å². The zero-order chi connectivity index (χ0) is 12.4. The van der Waals surface area contributed by atoms with Crippen molar-refractivity contribution in [2.75, 3.05) is 10.7 Å². The van der Waals surface area contributed by atoms with Gasteiger partial charge in [0.1, 0.15) is 0 Å². The van der Waals surface area contributed by atoms with Gasteiger partial charge in [0.05, 0.1) is 10.7 Å². The van der Waals surface area contributed by atoms with Crippen LogP contribution in [0, 0.1) is 5.41 Å². The van der Waals surface area contributed by atoms with Gasteiger partial charge in [0.25, 0.3) is 0 Å². The van der Waals surface area contributed by atoms with Crippen LogP contribution in [0.4, 0.5) is 0 Å². The van der Waals surface area contributed by atoms with E-state index in [4.69, 9.17) is 4.98 Å². The molecule has 16 heavy (non-hydrogen) atoms. The molecule has 0 aliphatic carbocycles. The normalized spacial score (nSPS) is 13.1. The fourth-order valence-electron chi connectivity index (χ4n) is 1.23. The Morgan fingerprint density at radius 1 is 1.19 bits per heavy atom. The number of hydrogen-bond donors (Lipinski definition) is 0. The topological polar surface area (TPSA) is 12.9 Å². The third kappa shape index (κ3) is 3.81. The van der Waals surface area contributed by atoms with Crippen molar-refractivity contribution in [2.24, 2.45) is 5.41 Å². The molecule has 0 amide bonds. The second-order valence-corrected chi connectivity index (χ2v) is 7.70. The molecule has 0 saturated carbocycles. The third-order valence-electron chi connectivity index (χ3n) is 2.54. The zero-order valence-corrected chi connectivity index (χ0v) is 14.3. The van der Waals surface area contributed by atoms with Crippen LogP contribution < -0.4 is 0 Å². The van der Waals surface area contributed by atoms with E-state index in [-0.39, 0.29) is 10.8 Å². The van der Waals surface area contributed by atoms with Gasteiger partial charge in [-0.25, -0.2) is 4.98 Å². The average Bonchev–Trinajstić information content (AvgIpc) is 2.65. The van der Waals surface area contributed by atoms with Gasteiger partial charge in [-0.1, -0.05) is 59.6 Å².